The molecule has 10 nitrogen and oxygen atoms in total. The largest absolute Gasteiger partial charge is 0.472 e. The number of aliphatic hydroxyl groups is 2. The number of carbonyl (C=O) groups excluding carboxylic acids is 2. The summed E-state index contributed by atoms with van der Waals surface area (Å²) >= 11 is 0. The highest BCUT2D eigenvalue weighted by Crippen LogP contribution is 2.43. The lowest BCUT2D eigenvalue weighted by atomic mass is 10.0. The summed E-state index contributed by atoms with van der Waals surface area (Å²) in [7, 11) is -4.61. The zero-order valence-corrected chi connectivity index (χ0v) is 30.2. The molecule has 0 saturated heterocycles. The van der Waals surface area contributed by atoms with E-state index in [0.29, 0.717) is 12.8 Å². The number of hydrogen-bond donors (Lipinski definition) is 3. The van der Waals surface area contributed by atoms with Crippen molar-refractivity contribution in [2.24, 2.45) is 0 Å². The van der Waals surface area contributed by atoms with Gasteiger partial charge in [0.05, 0.1) is 26.4 Å². The van der Waals surface area contributed by atoms with Crippen LogP contribution < -0.4 is 0 Å². The van der Waals surface area contributed by atoms with Crippen molar-refractivity contribution in [3.8, 4) is 0 Å². The normalized spacial score (nSPS) is 14.1. The number of rotatable bonds is 35. The molecule has 274 valence electrons. The van der Waals surface area contributed by atoms with E-state index in [1.54, 1.807) is 0 Å². The average molecular weight is 681 g/mol. The zero-order chi connectivity index (χ0) is 34.1. The molecule has 0 aromatic heterocycles. The second kappa shape index (κ2) is 32.5. The van der Waals surface area contributed by atoms with Crippen molar-refractivity contribution in [3.05, 3.63) is 0 Å². The minimum absolute atomic E-state index is 0.187. The van der Waals surface area contributed by atoms with Crippen LogP contribution >= 0.6 is 7.82 Å². The third-order valence-corrected chi connectivity index (χ3v) is 9.02. The maximum absolute atomic E-state index is 12.2. The molecule has 0 amide bonds. The van der Waals surface area contributed by atoms with Crippen molar-refractivity contribution >= 4 is 19.8 Å². The number of hydrogen-bond acceptors (Lipinski definition) is 9. The maximum atomic E-state index is 12.2. The fourth-order valence-corrected chi connectivity index (χ4v) is 5.96. The van der Waals surface area contributed by atoms with Gasteiger partial charge in [-0.15, -0.1) is 0 Å². The van der Waals surface area contributed by atoms with Gasteiger partial charge in [0.15, 0.2) is 0 Å². The van der Waals surface area contributed by atoms with Gasteiger partial charge in [0.2, 0.25) is 0 Å². The fraction of sp³-hybridized carbons (Fsp3) is 0.943. The van der Waals surface area contributed by atoms with E-state index in [-0.39, 0.29) is 12.8 Å². The van der Waals surface area contributed by atoms with Crippen LogP contribution in [0.2, 0.25) is 0 Å². The summed E-state index contributed by atoms with van der Waals surface area (Å²) in [4.78, 5) is 34.0. The molecule has 3 atom stereocenters. The first-order valence-electron chi connectivity index (χ1n) is 18.5. The van der Waals surface area contributed by atoms with Gasteiger partial charge in [0.1, 0.15) is 12.2 Å². The van der Waals surface area contributed by atoms with Gasteiger partial charge in [-0.1, -0.05) is 149 Å². The predicted molar refractivity (Wildman–Crippen MR) is 182 cm³/mol. The lowest BCUT2D eigenvalue weighted by Crippen LogP contribution is -2.28. The molecule has 0 spiro atoms. The molecule has 0 aliphatic heterocycles. The van der Waals surface area contributed by atoms with Gasteiger partial charge in [-0.05, 0) is 12.8 Å². The topological polar surface area (TPSA) is 149 Å². The number of unbranched alkanes of at least 4 members (excludes halogenated alkanes) is 21. The van der Waals surface area contributed by atoms with Crippen LogP contribution in [0.4, 0.5) is 0 Å². The molecule has 3 N–H and O–H groups in total. The van der Waals surface area contributed by atoms with Gasteiger partial charge in [0, 0.05) is 12.8 Å². The molecule has 0 radical (unpaired) electrons. The van der Waals surface area contributed by atoms with Crippen molar-refractivity contribution in [2.75, 3.05) is 26.4 Å². The summed E-state index contributed by atoms with van der Waals surface area (Å²) < 4.78 is 32.1. The van der Waals surface area contributed by atoms with E-state index in [9.17, 15) is 29.3 Å². The molecule has 3 unspecified atom stereocenters. The molecular formula is C35H69O10P. The average Bonchev–Trinajstić information content (AvgIpc) is 3.04. The van der Waals surface area contributed by atoms with E-state index in [0.717, 1.165) is 38.5 Å². The number of phosphoric ester groups is 1. The molecule has 0 aliphatic rings. The minimum atomic E-state index is -4.61. The molecule has 0 fully saturated rings. The van der Waals surface area contributed by atoms with Gasteiger partial charge in [-0.3, -0.25) is 18.6 Å². The number of ether oxygens (including phenoxy) is 2. The molecule has 0 aliphatic carbocycles. The maximum Gasteiger partial charge on any atom is 0.472 e. The van der Waals surface area contributed by atoms with Crippen LogP contribution in [0.1, 0.15) is 174 Å². The summed E-state index contributed by atoms with van der Waals surface area (Å²) in [5.74, 6) is -1.03. The van der Waals surface area contributed by atoms with Crippen LogP contribution in [0.25, 0.3) is 0 Å². The van der Waals surface area contributed by atoms with Gasteiger partial charge in [0.25, 0.3) is 0 Å². The zero-order valence-electron chi connectivity index (χ0n) is 29.3. The van der Waals surface area contributed by atoms with Gasteiger partial charge in [-0.2, -0.15) is 0 Å². The fourth-order valence-electron chi connectivity index (χ4n) is 5.17. The smallest absolute Gasteiger partial charge is 0.457 e. The molecule has 11 heteroatoms. The SMILES string of the molecule is CCCCCCCCCCCCCCCCCCCCCC(=O)OC(CO)COP(=O)(O)OCC(CO)OC(=O)CCCCCC. The quantitative estimate of drug-likeness (QED) is 0.0337. The number of aliphatic hydroxyl groups excluding tert-OH is 2. The summed E-state index contributed by atoms with van der Waals surface area (Å²) in [6, 6.07) is 0. The van der Waals surface area contributed by atoms with Crippen LogP contribution in [-0.2, 0) is 32.7 Å². The Morgan fingerprint density at radius 2 is 0.761 bits per heavy atom. The van der Waals surface area contributed by atoms with Crippen molar-refractivity contribution in [1.29, 1.82) is 0 Å². The van der Waals surface area contributed by atoms with E-state index >= 15 is 0 Å². The Balaban J connectivity index is 3.81. The monoisotopic (exact) mass is 680 g/mol. The van der Waals surface area contributed by atoms with E-state index in [2.05, 4.69) is 13.8 Å². The summed E-state index contributed by atoms with van der Waals surface area (Å²) in [6.45, 7) is 2.06. The molecule has 0 aromatic carbocycles. The van der Waals surface area contributed by atoms with Crippen molar-refractivity contribution in [3.63, 3.8) is 0 Å². The Morgan fingerprint density at radius 1 is 0.500 bits per heavy atom. The highest BCUT2D eigenvalue weighted by Gasteiger charge is 2.27. The first-order chi connectivity index (χ1) is 22.3. The Bertz CT molecular complexity index is 751. The van der Waals surface area contributed by atoms with Gasteiger partial charge in [-0.25, -0.2) is 4.57 Å². The second-order valence-electron chi connectivity index (χ2n) is 12.6. The molecule has 0 bridgehead atoms. The van der Waals surface area contributed by atoms with E-state index in [1.165, 1.54) is 96.3 Å². The van der Waals surface area contributed by atoms with Gasteiger partial charge < -0.3 is 24.6 Å². The second-order valence-corrected chi connectivity index (χ2v) is 14.0. The Labute approximate surface area is 280 Å². The first-order valence-corrected chi connectivity index (χ1v) is 20.0. The number of esters is 2. The van der Waals surface area contributed by atoms with Crippen LogP contribution in [-0.4, -0.2) is 65.7 Å². The van der Waals surface area contributed by atoms with Crippen molar-refractivity contribution in [2.45, 2.75) is 187 Å². The van der Waals surface area contributed by atoms with Crippen molar-refractivity contribution in [1.82, 2.24) is 0 Å². The van der Waals surface area contributed by atoms with Crippen LogP contribution in [0.3, 0.4) is 0 Å². The molecule has 46 heavy (non-hydrogen) atoms. The van der Waals surface area contributed by atoms with Crippen LogP contribution in [0.15, 0.2) is 0 Å². The molecule has 0 aromatic rings. The third-order valence-electron chi connectivity index (χ3n) is 8.07. The molecule has 0 rings (SSSR count). The summed E-state index contributed by atoms with van der Waals surface area (Å²) in [5.41, 5.74) is 0. The first kappa shape index (κ1) is 45.0. The Hall–Kier alpha value is -1.03. The number of carbonyl (C=O) groups is 2. The highest BCUT2D eigenvalue weighted by atomic mass is 31.2. The Morgan fingerprint density at radius 3 is 1.04 bits per heavy atom. The lowest BCUT2D eigenvalue weighted by molar-refractivity contribution is -0.153. The van der Waals surface area contributed by atoms with E-state index in [1.807, 2.05) is 0 Å². The lowest BCUT2D eigenvalue weighted by Gasteiger charge is -2.20. The third kappa shape index (κ3) is 30.3. The Kier molecular flexibility index (Phi) is 31.8. The van der Waals surface area contributed by atoms with Crippen LogP contribution in [0.5, 0.6) is 0 Å². The number of phosphoric acid groups is 1. The van der Waals surface area contributed by atoms with E-state index in [4.69, 9.17) is 18.5 Å². The molecule has 0 saturated carbocycles. The van der Waals surface area contributed by atoms with E-state index < -0.39 is 58.4 Å². The standard InChI is InChI=1S/C35H69O10P/c1-3-5-7-9-10-11-12-13-14-15-16-17-18-19-20-21-22-23-25-27-35(39)45-33(29-37)31-43-46(40,41)42-30-32(28-36)44-34(38)26-24-8-6-4-2/h32-33,36-37H,3-31H2,1-2H3,(H,40,41). The van der Waals surface area contributed by atoms with Crippen molar-refractivity contribution < 1.29 is 47.8 Å². The summed E-state index contributed by atoms with van der Waals surface area (Å²) in [5, 5.41) is 18.9. The van der Waals surface area contributed by atoms with Crippen LogP contribution in [0, 0.1) is 0 Å². The minimum Gasteiger partial charge on any atom is -0.457 e. The predicted octanol–water partition coefficient (Wildman–Crippen LogP) is 8.72. The highest BCUT2D eigenvalue weighted by molar-refractivity contribution is 7.47. The summed E-state index contributed by atoms with van der Waals surface area (Å²) in [6.07, 6.45) is 25.9. The molecular weight excluding hydrogens is 611 g/mol. The van der Waals surface area contributed by atoms with Gasteiger partial charge >= 0.3 is 19.8 Å². The molecule has 0 heterocycles.